The van der Waals surface area contributed by atoms with Crippen LogP contribution in [0.25, 0.3) is 0 Å². The molecule has 0 spiro atoms. The molecule has 2 rings (SSSR count). The standard InChI is InChI=1S/C20H25N3O6/c1-20(2,3)29-19(26)23(18(25)28-14-15-9-6-5-7-10-15)16(17(24)27-4)13-22-12-8-11-21-22/h5-12,16H,13-14H2,1-4H3. The third-order valence-electron chi connectivity index (χ3n) is 3.70. The number of nitrogens with zero attached hydrogens (tertiary/aromatic N) is 3. The van der Waals surface area contributed by atoms with Crippen molar-refractivity contribution in [1.29, 1.82) is 0 Å². The van der Waals surface area contributed by atoms with Gasteiger partial charge in [0.2, 0.25) is 0 Å². The second-order valence-corrected chi connectivity index (χ2v) is 7.16. The van der Waals surface area contributed by atoms with Crippen molar-refractivity contribution in [2.75, 3.05) is 7.11 Å². The molecule has 0 radical (unpaired) electrons. The topological polar surface area (TPSA) is 100.0 Å². The van der Waals surface area contributed by atoms with Gasteiger partial charge in [0.25, 0.3) is 0 Å². The maximum Gasteiger partial charge on any atom is 0.420 e. The lowest BCUT2D eigenvalue weighted by atomic mass is 10.2. The number of esters is 1. The number of hydrogen-bond donors (Lipinski definition) is 0. The average Bonchev–Trinajstić information content (AvgIpc) is 3.18. The van der Waals surface area contributed by atoms with E-state index in [0.29, 0.717) is 4.90 Å². The zero-order valence-corrected chi connectivity index (χ0v) is 16.9. The lowest BCUT2D eigenvalue weighted by molar-refractivity contribution is -0.147. The molecule has 0 bridgehead atoms. The van der Waals surface area contributed by atoms with Gasteiger partial charge in [0, 0.05) is 12.4 Å². The Kier molecular flexibility index (Phi) is 7.35. The molecule has 0 saturated heterocycles. The maximum absolute atomic E-state index is 12.8. The van der Waals surface area contributed by atoms with Crippen molar-refractivity contribution in [3.8, 4) is 0 Å². The molecule has 156 valence electrons. The van der Waals surface area contributed by atoms with Crippen LogP contribution in [0.15, 0.2) is 48.8 Å². The number of methoxy groups -OCH3 is 1. The van der Waals surface area contributed by atoms with E-state index in [-0.39, 0.29) is 13.2 Å². The first-order chi connectivity index (χ1) is 13.7. The fourth-order valence-corrected chi connectivity index (χ4v) is 2.41. The molecule has 1 aromatic carbocycles. The van der Waals surface area contributed by atoms with E-state index in [1.54, 1.807) is 57.3 Å². The summed E-state index contributed by atoms with van der Waals surface area (Å²) in [6.45, 7) is 4.77. The zero-order valence-electron chi connectivity index (χ0n) is 16.9. The number of rotatable bonds is 6. The van der Waals surface area contributed by atoms with E-state index in [1.807, 2.05) is 6.07 Å². The van der Waals surface area contributed by atoms with Crippen molar-refractivity contribution in [2.24, 2.45) is 0 Å². The number of imide groups is 1. The molecule has 0 saturated carbocycles. The minimum Gasteiger partial charge on any atom is -0.467 e. The minimum absolute atomic E-state index is 0.0748. The van der Waals surface area contributed by atoms with Gasteiger partial charge in [-0.25, -0.2) is 14.4 Å². The van der Waals surface area contributed by atoms with Crippen molar-refractivity contribution < 1.29 is 28.6 Å². The van der Waals surface area contributed by atoms with Crippen LogP contribution in [0.2, 0.25) is 0 Å². The molecule has 29 heavy (non-hydrogen) atoms. The van der Waals surface area contributed by atoms with Gasteiger partial charge in [-0.05, 0) is 32.4 Å². The maximum atomic E-state index is 12.8. The second-order valence-electron chi connectivity index (χ2n) is 7.16. The highest BCUT2D eigenvalue weighted by Crippen LogP contribution is 2.16. The Morgan fingerprint density at radius 2 is 1.79 bits per heavy atom. The van der Waals surface area contributed by atoms with Crippen molar-refractivity contribution in [3.63, 3.8) is 0 Å². The minimum atomic E-state index is -1.32. The van der Waals surface area contributed by atoms with Gasteiger partial charge in [0.05, 0.1) is 13.7 Å². The summed E-state index contributed by atoms with van der Waals surface area (Å²) < 4.78 is 16.8. The molecule has 2 aromatic rings. The number of carbonyl (C=O) groups excluding carboxylic acids is 3. The predicted molar refractivity (Wildman–Crippen MR) is 103 cm³/mol. The molecule has 1 unspecified atom stereocenters. The molecule has 0 aliphatic rings. The van der Waals surface area contributed by atoms with Crippen LogP contribution in [0.1, 0.15) is 26.3 Å². The molecule has 2 amide bonds. The summed E-state index contributed by atoms with van der Waals surface area (Å²) in [5, 5.41) is 4.02. The van der Waals surface area contributed by atoms with Gasteiger partial charge in [-0.15, -0.1) is 0 Å². The lowest BCUT2D eigenvalue weighted by Crippen LogP contribution is -2.52. The fraction of sp³-hybridized carbons (Fsp3) is 0.400. The number of aromatic nitrogens is 2. The van der Waals surface area contributed by atoms with Crippen LogP contribution in [-0.2, 0) is 32.2 Å². The summed E-state index contributed by atoms with van der Waals surface area (Å²) in [5.41, 5.74) is -0.159. The van der Waals surface area contributed by atoms with Crippen LogP contribution in [0.4, 0.5) is 9.59 Å². The first kappa shape index (κ1) is 21.9. The highest BCUT2D eigenvalue weighted by molar-refractivity contribution is 5.94. The first-order valence-electron chi connectivity index (χ1n) is 8.99. The third-order valence-corrected chi connectivity index (χ3v) is 3.70. The Balaban J connectivity index is 2.28. The molecule has 0 N–H and O–H groups in total. The fourth-order valence-electron chi connectivity index (χ4n) is 2.41. The van der Waals surface area contributed by atoms with E-state index in [1.165, 1.54) is 18.0 Å². The van der Waals surface area contributed by atoms with Crippen molar-refractivity contribution in [2.45, 2.75) is 45.6 Å². The molecule has 9 heteroatoms. The Labute approximate surface area is 169 Å². The summed E-state index contributed by atoms with van der Waals surface area (Å²) in [4.78, 5) is 38.6. The van der Waals surface area contributed by atoms with E-state index < -0.39 is 29.8 Å². The summed E-state index contributed by atoms with van der Waals surface area (Å²) in [6, 6.07) is 9.29. The monoisotopic (exact) mass is 403 g/mol. The summed E-state index contributed by atoms with van der Waals surface area (Å²) in [7, 11) is 1.17. The van der Waals surface area contributed by atoms with Gasteiger partial charge in [0.15, 0.2) is 6.04 Å². The van der Waals surface area contributed by atoms with Crippen LogP contribution in [-0.4, -0.2) is 51.6 Å². The third kappa shape index (κ3) is 6.63. The highest BCUT2D eigenvalue weighted by atomic mass is 16.6. The largest absolute Gasteiger partial charge is 0.467 e. The Morgan fingerprint density at radius 1 is 1.10 bits per heavy atom. The van der Waals surface area contributed by atoms with Gasteiger partial charge >= 0.3 is 18.2 Å². The van der Waals surface area contributed by atoms with Gasteiger partial charge in [-0.1, -0.05) is 30.3 Å². The molecular weight excluding hydrogens is 378 g/mol. The normalized spacial score (nSPS) is 12.0. The van der Waals surface area contributed by atoms with Crippen molar-refractivity contribution >= 4 is 18.2 Å². The van der Waals surface area contributed by atoms with Gasteiger partial charge in [-0.2, -0.15) is 10.00 Å². The number of hydrogen-bond acceptors (Lipinski definition) is 7. The van der Waals surface area contributed by atoms with E-state index in [4.69, 9.17) is 14.2 Å². The van der Waals surface area contributed by atoms with Crippen LogP contribution in [0.5, 0.6) is 0 Å². The van der Waals surface area contributed by atoms with Crippen LogP contribution in [0.3, 0.4) is 0 Å². The zero-order chi connectivity index (χ0) is 21.4. The summed E-state index contributed by atoms with van der Waals surface area (Å²) in [5.74, 6) is -0.803. The van der Waals surface area contributed by atoms with Crippen LogP contribution < -0.4 is 0 Å². The van der Waals surface area contributed by atoms with Gasteiger partial charge in [0.1, 0.15) is 12.2 Å². The quantitative estimate of drug-likeness (QED) is 0.540. The molecule has 0 aliphatic carbocycles. The SMILES string of the molecule is COC(=O)C(Cn1cccn1)N(C(=O)OCc1ccccc1)C(=O)OC(C)(C)C. The van der Waals surface area contributed by atoms with Crippen molar-refractivity contribution in [1.82, 2.24) is 14.7 Å². The van der Waals surface area contributed by atoms with E-state index in [9.17, 15) is 14.4 Å². The predicted octanol–water partition coefficient (Wildman–Crippen LogP) is 3.00. The molecular formula is C20H25N3O6. The molecule has 1 atom stereocenters. The number of ether oxygens (including phenoxy) is 3. The first-order valence-corrected chi connectivity index (χ1v) is 8.99. The van der Waals surface area contributed by atoms with Crippen LogP contribution >= 0.6 is 0 Å². The number of carbonyl (C=O) groups is 3. The second kappa shape index (κ2) is 9.72. The molecule has 1 heterocycles. The lowest BCUT2D eigenvalue weighted by Gasteiger charge is -2.30. The molecule has 0 fully saturated rings. The molecule has 0 aliphatic heterocycles. The number of benzene rings is 1. The van der Waals surface area contributed by atoms with E-state index in [0.717, 1.165) is 5.56 Å². The van der Waals surface area contributed by atoms with Crippen molar-refractivity contribution in [3.05, 3.63) is 54.4 Å². The smallest absolute Gasteiger partial charge is 0.420 e. The van der Waals surface area contributed by atoms with Gasteiger partial charge < -0.3 is 14.2 Å². The summed E-state index contributed by atoms with van der Waals surface area (Å²) in [6.07, 6.45) is 1.07. The molecule has 1 aromatic heterocycles. The Hall–Kier alpha value is -3.36. The summed E-state index contributed by atoms with van der Waals surface area (Å²) >= 11 is 0. The Morgan fingerprint density at radius 3 is 2.34 bits per heavy atom. The number of amides is 2. The van der Waals surface area contributed by atoms with Crippen LogP contribution in [0, 0.1) is 0 Å². The molecule has 9 nitrogen and oxygen atoms in total. The van der Waals surface area contributed by atoms with Gasteiger partial charge in [-0.3, -0.25) is 4.68 Å². The highest BCUT2D eigenvalue weighted by Gasteiger charge is 2.40. The Bertz CT molecular complexity index is 814. The average molecular weight is 403 g/mol. The van der Waals surface area contributed by atoms with E-state index in [2.05, 4.69) is 5.10 Å². The van der Waals surface area contributed by atoms with E-state index >= 15 is 0 Å².